The molecule has 1 aliphatic heterocycles. The predicted octanol–water partition coefficient (Wildman–Crippen LogP) is 2.22. The molecule has 72 valence electrons. The van der Waals surface area contributed by atoms with Gasteiger partial charge in [0.05, 0.1) is 0 Å². The summed E-state index contributed by atoms with van der Waals surface area (Å²) in [5, 5.41) is 10.7. The quantitative estimate of drug-likeness (QED) is 0.441. The Kier molecular flexibility index (Phi) is 2.53. The number of halogens is 3. The monoisotopic (exact) mass is 207 g/mol. The number of rotatable bonds is 0. The van der Waals surface area contributed by atoms with Crippen molar-refractivity contribution in [3.05, 3.63) is 22.2 Å². The highest BCUT2D eigenvalue weighted by Gasteiger charge is 2.29. The van der Waals surface area contributed by atoms with Crippen molar-refractivity contribution in [3.63, 3.8) is 0 Å². The van der Waals surface area contributed by atoms with E-state index in [2.05, 4.69) is 0 Å². The van der Waals surface area contributed by atoms with Crippen molar-refractivity contribution >= 4 is 14.0 Å². The van der Waals surface area contributed by atoms with Crippen LogP contribution in [0.3, 0.4) is 0 Å². The van der Waals surface area contributed by atoms with Crippen LogP contribution in [0.25, 0.3) is 0 Å². The molecule has 0 atom stereocenters. The van der Waals surface area contributed by atoms with E-state index in [9.17, 15) is 18.3 Å². The first kappa shape index (κ1) is 10.3. The van der Waals surface area contributed by atoms with Gasteiger partial charge >= 0.3 is 6.18 Å². The molecule has 0 aromatic heterocycles. The van der Waals surface area contributed by atoms with Gasteiger partial charge < -0.3 is 5.11 Å². The molecule has 1 nitrogen and oxygen atoms in total. The summed E-state index contributed by atoms with van der Waals surface area (Å²) in [6, 6.07) is 0. The van der Waals surface area contributed by atoms with Crippen LogP contribution >= 0.6 is 8.20 Å². The summed E-state index contributed by atoms with van der Waals surface area (Å²) in [5.41, 5.74) is 1.19. The average Bonchev–Trinajstić information content (AvgIpc) is 2.30. The number of hydrogen-bond donors (Lipinski definition) is 0. The molecule has 0 N–H and O–H groups in total. The lowest BCUT2D eigenvalue weighted by molar-refractivity contribution is -0.360. The van der Waals surface area contributed by atoms with E-state index in [1.54, 1.807) is 12.7 Å². The van der Waals surface area contributed by atoms with E-state index in [4.69, 9.17) is 0 Å². The molecule has 0 radical (unpaired) electrons. The maximum absolute atomic E-state index is 12.0. The minimum absolute atomic E-state index is 0.148. The van der Waals surface area contributed by atoms with Gasteiger partial charge in [0.2, 0.25) is 0 Å². The van der Waals surface area contributed by atoms with Crippen LogP contribution in [0.4, 0.5) is 13.2 Å². The van der Waals surface area contributed by atoms with Gasteiger partial charge in [-0.3, -0.25) is 0 Å². The van der Waals surface area contributed by atoms with Crippen LogP contribution in [0.15, 0.2) is 22.2 Å². The van der Waals surface area contributed by atoms with Crippen LogP contribution in [0.5, 0.6) is 0 Å². The van der Waals surface area contributed by atoms with Crippen LogP contribution in [0.2, 0.25) is 0 Å². The number of alkyl halides is 3. The second-order valence-electron chi connectivity index (χ2n) is 2.74. The van der Waals surface area contributed by atoms with E-state index in [1.165, 1.54) is 6.92 Å². The molecular formula is C8H7F3OP-. The Morgan fingerprint density at radius 3 is 2.23 bits per heavy atom. The summed E-state index contributed by atoms with van der Waals surface area (Å²) in [4.78, 5) is 0. The van der Waals surface area contributed by atoms with Crippen molar-refractivity contribution in [1.29, 1.82) is 0 Å². The summed E-state index contributed by atoms with van der Waals surface area (Å²) in [5.74, 6) is -0.117. The van der Waals surface area contributed by atoms with Crippen molar-refractivity contribution in [3.8, 4) is 0 Å². The molecule has 0 bridgehead atoms. The van der Waals surface area contributed by atoms with Gasteiger partial charge in [-0.25, -0.2) is 0 Å². The molecule has 13 heavy (non-hydrogen) atoms. The minimum atomic E-state index is -4.75. The highest BCUT2D eigenvalue weighted by Crippen LogP contribution is 2.37. The smallest absolute Gasteiger partial charge is 0.403 e. The molecule has 0 aromatic carbocycles. The Morgan fingerprint density at radius 1 is 1.38 bits per heavy atom. The van der Waals surface area contributed by atoms with Gasteiger partial charge in [-0.15, -0.1) is 0 Å². The first-order chi connectivity index (χ1) is 5.84. The zero-order valence-corrected chi connectivity index (χ0v) is 7.96. The van der Waals surface area contributed by atoms with E-state index < -0.39 is 11.9 Å². The summed E-state index contributed by atoms with van der Waals surface area (Å²) >= 11 is 0. The van der Waals surface area contributed by atoms with Crippen molar-refractivity contribution in [2.45, 2.75) is 20.0 Å². The first-order valence-corrected chi connectivity index (χ1v) is 4.51. The van der Waals surface area contributed by atoms with Gasteiger partial charge in [-0.2, -0.15) is 13.2 Å². The Labute approximate surface area is 75.4 Å². The molecule has 5 heteroatoms. The normalized spacial score (nSPS) is 22.5. The largest absolute Gasteiger partial charge is 0.869 e. The van der Waals surface area contributed by atoms with E-state index in [0.29, 0.717) is 13.8 Å². The van der Waals surface area contributed by atoms with Gasteiger partial charge in [-0.1, -0.05) is 8.20 Å². The standard InChI is InChI=1S/C8H8F3OP/c1-4-3-13-6(5(4)2)7(12)8(9,10)11/h3,12H,1-2H3/p-1. The fraction of sp³-hybridized carbons (Fsp3) is 0.375. The second-order valence-corrected chi connectivity index (χ2v) is 3.71. The van der Waals surface area contributed by atoms with Gasteiger partial charge in [0, 0.05) is 5.31 Å². The molecule has 0 amide bonds. The minimum Gasteiger partial charge on any atom is -0.869 e. The SMILES string of the molecule is CC1=C(C)C(=C([O-])C(F)(F)F)P=C1. The predicted molar refractivity (Wildman–Crippen MR) is 44.4 cm³/mol. The van der Waals surface area contributed by atoms with E-state index in [1.807, 2.05) is 0 Å². The summed E-state index contributed by atoms with van der Waals surface area (Å²) in [6.45, 7) is 3.23. The second kappa shape index (κ2) is 3.18. The fourth-order valence-electron chi connectivity index (χ4n) is 0.905. The van der Waals surface area contributed by atoms with Crippen LogP contribution in [-0.4, -0.2) is 12.0 Å². The number of allylic oxidation sites excluding steroid dienone is 4. The highest BCUT2D eigenvalue weighted by atomic mass is 31.1. The Morgan fingerprint density at radius 2 is 1.92 bits per heavy atom. The third-order valence-electron chi connectivity index (χ3n) is 1.81. The average molecular weight is 207 g/mol. The van der Waals surface area contributed by atoms with Gasteiger partial charge in [-0.05, 0) is 36.5 Å². The fourth-order valence-corrected chi connectivity index (χ4v) is 2.04. The first-order valence-electron chi connectivity index (χ1n) is 3.54. The van der Waals surface area contributed by atoms with E-state index in [-0.39, 0.29) is 5.31 Å². The van der Waals surface area contributed by atoms with Crippen molar-refractivity contribution in [2.24, 2.45) is 0 Å². The zero-order valence-electron chi connectivity index (χ0n) is 7.07. The summed E-state index contributed by atoms with van der Waals surface area (Å²) in [7, 11) is 0.352. The van der Waals surface area contributed by atoms with E-state index in [0.717, 1.165) is 5.57 Å². The lowest BCUT2D eigenvalue weighted by atomic mass is 10.1. The highest BCUT2D eigenvalue weighted by molar-refractivity contribution is 7.45. The van der Waals surface area contributed by atoms with Crippen molar-refractivity contribution < 1.29 is 18.3 Å². The van der Waals surface area contributed by atoms with Crippen LogP contribution in [-0.2, 0) is 0 Å². The van der Waals surface area contributed by atoms with Gasteiger partial charge in [0.1, 0.15) is 0 Å². The lowest BCUT2D eigenvalue weighted by Crippen LogP contribution is -2.24. The molecule has 0 saturated heterocycles. The molecular weight excluding hydrogens is 200 g/mol. The van der Waals surface area contributed by atoms with E-state index >= 15 is 0 Å². The molecule has 0 saturated carbocycles. The van der Waals surface area contributed by atoms with Crippen molar-refractivity contribution in [1.82, 2.24) is 0 Å². The van der Waals surface area contributed by atoms with Crippen LogP contribution < -0.4 is 5.11 Å². The Balaban J connectivity index is 3.17. The molecule has 0 fully saturated rings. The van der Waals surface area contributed by atoms with Crippen LogP contribution in [0, 0.1) is 0 Å². The number of hydrogen-bond acceptors (Lipinski definition) is 1. The molecule has 0 unspecified atom stereocenters. The molecule has 0 aromatic rings. The van der Waals surface area contributed by atoms with Gasteiger partial charge in [0.15, 0.2) is 0 Å². The molecule has 1 heterocycles. The Hall–Kier alpha value is -0.760. The molecule has 0 spiro atoms. The summed E-state index contributed by atoms with van der Waals surface area (Å²) < 4.78 is 36.0. The maximum Gasteiger partial charge on any atom is 0.403 e. The van der Waals surface area contributed by atoms with Crippen molar-refractivity contribution in [2.75, 3.05) is 0 Å². The van der Waals surface area contributed by atoms with Crippen LogP contribution in [0.1, 0.15) is 13.8 Å². The topological polar surface area (TPSA) is 23.1 Å². The van der Waals surface area contributed by atoms with Gasteiger partial charge in [0.25, 0.3) is 0 Å². The zero-order chi connectivity index (χ0) is 10.2. The maximum atomic E-state index is 12.0. The molecule has 1 rings (SSSR count). The third-order valence-corrected chi connectivity index (χ3v) is 3.12. The third kappa shape index (κ3) is 1.94. The lowest BCUT2D eigenvalue weighted by Gasteiger charge is -2.18. The molecule has 1 aliphatic rings. The Bertz CT molecular complexity index is 323. The summed E-state index contributed by atoms with van der Waals surface area (Å²) in [6.07, 6.45) is -4.75. The molecule has 0 aliphatic carbocycles.